The van der Waals surface area contributed by atoms with Crippen LogP contribution in [0.5, 0.6) is 0 Å². The summed E-state index contributed by atoms with van der Waals surface area (Å²) < 4.78 is 0. The van der Waals surface area contributed by atoms with E-state index in [1.54, 1.807) is 18.3 Å². The Bertz CT molecular complexity index is 408. The molecule has 0 bridgehead atoms. The summed E-state index contributed by atoms with van der Waals surface area (Å²) in [5.41, 5.74) is 0.392. The molecule has 1 amide bonds. The summed E-state index contributed by atoms with van der Waals surface area (Å²) in [6.07, 6.45) is 5.25. The standard InChI is InChI=1S/C13H17ClN2O/c1-9-2-3-10(6-9)8-16-13(17)12-7-11(14)4-5-15-12/h4-5,7,9-10H,2-3,6,8H2,1H3,(H,16,17). The molecular formula is C13H17ClN2O. The molecule has 1 fully saturated rings. The topological polar surface area (TPSA) is 42.0 Å². The van der Waals surface area contributed by atoms with Crippen molar-refractivity contribution >= 4 is 17.5 Å². The van der Waals surface area contributed by atoms with Gasteiger partial charge in [0.2, 0.25) is 0 Å². The number of hydrogen-bond donors (Lipinski definition) is 1. The van der Waals surface area contributed by atoms with Gasteiger partial charge in [0.05, 0.1) is 0 Å². The van der Waals surface area contributed by atoms with Crippen LogP contribution < -0.4 is 5.32 Å². The van der Waals surface area contributed by atoms with Crippen LogP contribution in [0.15, 0.2) is 18.3 Å². The summed E-state index contributed by atoms with van der Waals surface area (Å²) in [6, 6.07) is 3.26. The third-order valence-electron chi connectivity index (χ3n) is 3.31. The number of rotatable bonds is 3. The number of carbonyl (C=O) groups is 1. The minimum Gasteiger partial charge on any atom is -0.350 e. The van der Waals surface area contributed by atoms with E-state index >= 15 is 0 Å². The van der Waals surface area contributed by atoms with Gasteiger partial charge in [-0.2, -0.15) is 0 Å². The molecule has 2 rings (SSSR count). The molecular weight excluding hydrogens is 236 g/mol. The molecule has 1 aliphatic rings. The molecule has 0 spiro atoms. The Kier molecular flexibility index (Phi) is 4.00. The van der Waals surface area contributed by atoms with Crippen molar-refractivity contribution in [1.82, 2.24) is 10.3 Å². The average Bonchev–Trinajstić information content (AvgIpc) is 2.72. The number of halogens is 1. The van der Waals surface area contributed by atoms with E-state index in [1.807, 2.05) is 0 Å². The van der Waals surface area contributed by atoms with Crippen molar-refractivity contribution in [1.29, 1.82) is 0 Å². The van der Waals surface area contributed by atoms with E-state index in [0.29, 0.717) is 16.6 Å². The van der Waals surface area contributed by atoms with Gasteiger partial charge in [0.25, 0.3) is 5.91 Å². The highest BCUT2D eigenvalue weighted by molar-refractivity contribution is 6.30. The van der Waals surface area contributed by atoms with Crippen LogP contribution in [0.3, 0.4) is 0 Å². The highest BCUT2D eigenvalue weighted by atomic mass is 35.5. The Labute approximate surface area is 107 Å². The molecule has 92 valence electrons. The van der Waals surface area contributed by atoms with Gasteiger partial charge in [-0.1, -0.05) is 24.9 Å². The lowest BCUT2D eigenvalue weighted by atomic mass is 10.1. The molecule has 1 N–H and O–H groups in total. The average molecular weight is 253 g/mol. The lowest BCUT2D eigenvalue weighted by Gasteiger charge is -2.10. The zero-order chi connectivity index (χ0) is 12.3. The van der Waals surface area contributed by atoms with E-state index in [2.05, 4.69) is 17.2 Å². The fourth-order valence-electron chi connectivity index (χ4n) is 2.37. The summed E-state index contributed by atoms with van der Waals surface area (Å²) in [7, 11) is 0. The minimum atomic E-state index is -0.132. The van der Waals surface area contributed by atoms with E-state index in [-0.39, 0.29) is 5.91 Å². The number of nitrogens with zero attached hydrogens (tertiary/aromatic N) is 1. The number of carbonyl (C=O) groups excluding carboxylic acids is 1. The Morgan fingerprint density at radius 3 is 3.06 bits per heavy atom. The Hall–Kier alpha value is -1.09. The fourth-order valence-corrected chi connectivity index (χ4v) is 2.53. The van der Waals surface area contributed by atoms with Crippen molar-refractivity contribution in [3.8, 4) is 0 Å². The van der Waals surface area contributed by atoms with Gasteiger partial charge in [0, 0.05) is 17.8 Å². The van der Waals surface area contributed by atoms with Crippen LogP contribution in [-0.2, 0) is 0 Å². The smallest absolute Gasteiger partial charge is 0.269 e. The molecule has 3 nitrogen and oxygen atoms in total. The van der Waals surface area contributed by atoms with Gasteiger partial charge in [0.1, 0.15) is 5.69 Å². The Morgan fingerprint density at radius 1 is 1.59 bits per heavy atom. The Morgan fingerprint density at radius 2 is 2.41 bits per heavy atom. The van der Waals surface area contributed by atoms with E-state index in [1.165, 1.54) is 19.3 Å². The predicted octanol–water partition coefficient (Wildman–Crippen LogP) is 2.90. The normalized spacial score (nSPS) is 23.6. The molecule has 0 aliphatic heterocycles. The first-order chi connectivity index (χ1) is 8.15. The maximum absolute atomic E-state index is 11.8. The lowest BCUT2D eigenvalue weighted by Crippen LogP contribution is -2.29. The van der Waals surface area contributed by atoms with Gasteiger partial charge in [-0.15, -0.1) is 0 Å². The van der Waals surface area contributed by atoms with Crippen LogP contribution in [0.1, 0.15) is 36.7 Å². The number of amides is 1. The highest BCUT2D eigenvalue weighted by Crippen LogP contribution is 2.29. The summed E-state index contributed by atoms with van der Waals surface area (Å²) >= 11 is 5.82. The van der Waals surface area contributed by atoms with Crippen molar-refractivity contribution < 1.29 is 4.79 Å². The Balaban J connectivity index is 1.85. The first kappa shape index (κ1) is 12.4. The van der Waals surface area contributed by atoms with E-state index in [0.717, 1.165) is 12.5 Å². The molecule has 1 aromatic heterocycles. The molecule has 2 atom stereocenters. The third kappa shape index (κ3) is 3.43. The zero-order valence-corrected chi connectivity index (χ0v) is 10.7. The number of nitrogens with one attached hydrogen (secondary N) is 1. The van der Waals surface area contributed by atoms with E-state index < -0.39 is 0 Å². The van der Waals surface area contributed by atoms with Crippen LogP contribution in [0.2, 0.25) is 5.02 Å². The maximum atomic E-state index is 11.8. The second kappa shape index (κ2) is 5.50. The monoisotopic (exact) mass is 252 g/mol. The molecule has 1 heterocycles. The number of aromatic nitrogens is 1. The van der Waals surface area contributed by atoms with Crippen LogP contribution in [-0.4, -0.2) is 17.4 Å². The molecule has 1 saturated carbocycles. The van der Waals surface area contributed by atoms with Gasteiger partial charge >= 0.3 is 0 Å². The van der Waals surface area contributed by atoms with Crippen LogP contribution in [0.25, 0.3) is 0 Å². The SMILES string of the molecule is CC1CCC(CNC(=O)c2cc(Cl)ccn2)C1. The third-order valence-corrected chi connectivity index (χ3v) is 3.54. The predicted molar refractivity (Wildman–Crippen MR) is 68.1 cm³/mol. The molecule has 1 aliphatic carbocycles. The van der Waals surface area contributed by atoms with Crippen molar-refractivity contribution in [3.63, 3.8) is 0 Å². The van der Waals surface area contributed by atoms with Gasteiger partial charge in [-0.3, -0.25) is 9.78 Å². The highest BCUT2D eigenvalue weighted by Gasteiger charge is 2.21. The van der Waals surface area contributed by atoms with E-state index in [9.17, 15) is 4.79 Å². The largest absolute Gasteiger partial charge is 0.350 e. The molecule has 0 saturated heterocycles. The van der Waals surface area contributed by atoms with E-state index in [4.69, 9.17) is 11.6 Å². The second-order valence-corrected chi connectivity index (χ2v) is 5.29. The minimum absolute atomic E-state index is 0.132. The van der Waals surface area contributed by atoms with Gasteiger partial charge in [-0.25, -0.2) is 0 Å². The number of hydrogen-bond acceptors (Lipinski definition) is 2. The molecule has 1 aromatic rings. The van der Waals surface area contributed by atoms with Gasteiger partial charge in [-0.05, 0) is 36.8 Å². The van der Waals surface area contributed by atoms with Crippen LogP contribution >= 0.6 is 11.6 Å². The fraction of sp³-hybridized carbons (Fsp3) is 0.538. The molecule has 0 aromatic carbocycles. The maximum Gasteiger partial charge on any atom is 0.269 e. The first-order valence-electron chi connectivity index (χ1n) is 6.05. The van der Waals surface area contributed by atoms with Crippen molar-refractivity contribution in [2.45, 2.75) is 26.2 Å². The number of pyridine rings is 1. The summed E-state index contributed by atoms with van der Waals surface area (Å²) in [5, 5.41) is 3.47. The van der Waals surface area contributed by atoms with Crippen LogP contribution in [0.4, 0.5) is 0 Å². The van der Waals surface area contributed by atoms with Crippen molar-refractivity contribution in [2.75, 3.05) is 6.54 Å². The molecule has 0 radical (unpaired) electrons. The van der Waals surface area contributed by atoms with Gasteiger partial charge in [0.15, 0.2) is 0 Å². The molecule has 2 unspecified atom stereocenters. The summed E-state index contributed by atoms with van der Waals surface area (Å²) in [5.74, 6) is 1.28. The quantitative estimate of drug-likeness (QED) is 0.899. The van der Waals surface area contributed by atoms with Crippen molar-refractivity contribution in [3.05, 3.63) is 29.0 Å². The van der Waals surface area contributed by atoms with Crippen molar-refractivity contribution in [2.24, 2.45) is 11.8 Å². The molecule has 4 heteroatoms. The summed E-state index contributed by atoms with van der Waals surface area (Å²) in [6.45, 7) is 3.01. The second-order valence-electron chi connectivity index (χ2n) is 4.85. The zero-order valence-electron chi connectivity index (χ0n) is 9.95. The summed E-state index contributed by atoms with van der Waals surface area (Å²) in [4.78, 5) is 15.8. The molecule has 17 heavy (non-hydrogen) atoms. The first-order valence-corrected chi connectivity index (χ1v) is 6.42. The lowest BCUT2D eigenvalue weighted by molar-refractivity contribution is 0.0942. The van der Waals surface area contributed by atoms with Crippen LogP contribution in [0, 0.1) is 11.8 Å². The van der Waals surface area contributed by atoms with Gasteiger partial charge < -0.3 is 5.32 Å².